The highest BCUT2D eigenvalue weighted by Gasteiger charge is 1.97. The highest BCUT2D eigenvalue weighted by atomic mass is 14.0. The molecule has 0 amide bonds. The molecule has 69 valence electrons. The molecule has 0 atom stereocenters. The smallest absolute Gasteiger partial charge is 0.0273 e. The van der Waals surface area contributed by atoms with Crippen molar-refractivity contribution in [1.82, 2.24) is 0 Å². The van der Waals surface area contributed by atoms with Gasteiger partial charge in [-0.2, -0.15) is 0 Å². The fraction of sp³-hybridized carbons (Fsp3) is 0.385. The van der Waals surface area contributed by atoms with Gasteiger partial charge in [0.1, 0.15) is 0 Å². The summed E-state index contributed by atoms with van der Waals surface area (Å²) in [5, 5.41) is 0. The third-order valence-electron chi connectivity index (χ3n) is 2.32. The van der Waals surface area contributed by atoms with Crippen LogP contribution in [0.4, 0.5) is 0 Å². The van der Waals surface area contributed by atoms with Crippen LogP contribution in [-0.4, -0.2) is 0 Å². The predicted molar refractivity (Wildman–Crippen MR) is 57.7 cm³/mol. The molecule has 0 nitrogen and oxygen atoms in total. The van der Waals surface area contributed by atoms with Gasteiger partial charge in [0.05, 0.1) is 0 Å². The number of aryl methyl sites for hydroxylation is 3. The summed E-state index contributed by atoms with van der Waals surface area (Å²) in [5.41, 5.74) is 4.20. The Labute approximate surface area is 81.3 Å². The van der Waals surface area contributed by atoms with Crippen molar-refractivity contribution in [2.75, 3.05) is 0 Å². The maximum absolute atomic E-state index is 5.34. The summed E-state index contributed by atoms with van der Waals surface area (Å²) in [7, 11) is 0. The summed E-state index contributed by atoms with van der Waals surface area (Å²) < 4.78 is 0. The average Bonchev–Trinajstić information content (AvgIpc) is 2.11. The first-order valence-electron chi connectivity index (χ1n) is 4.83. The van der Waals surface area contributed by atoms with E-state index in [0.717, 1.165) is 19.3 Å². The summed E-state index contributed by atoms with van der Waals surface area (Å²) >= 11 is 0. The molecular formula is C13H17. The second-order valence-electron chi connectivity index (χ2n) is 3.56. The van der Waals surface area contributed by atoms with Crippen LogP contribution >= 0.6 is 0 Å². The van der Waals surface area contributed by atoms with Gasteiger partial charge in [-0.25, -0.2) is 0 Å². The van der Waals surface area contributed by atoms with Crippen LogP contribution in [0.2, 0.25) is 0 Å². The molecule has 1 rings (SSSR count). The molecule has 1 aromatic rings. The molecule has 0 saturated heterocycles. The van der Waals surface area contributed by atoms with Crippen molar-refractivity contribution >= 4 is 0 Å². The molecule has 0 aliphatic carbocycles. The third kappa shape index (κ3) is 3.06. The summed E-state index contributed by atoms with van der Waals surface area (Å²) in [6, 6.07) is 6.62. The van der Waals surface area contributed by atoms with Crippen LogP contribution in [0.3, 0.4) is 0 Å². The Hall–Kier alpha value is -1.04. The summed E-state index contributed by atoms with van der Waals surface area (Å²) in [5.74, 6) is 0. The van der Waals surface area contributed by atoms with E-state index >= 15 is 0 Å². The topological polar surface area (TPSA) is 0 Å². The van der Waals surface area contributed by atoms with E-state index in [0.29, 0.717) is 0 Å². The minimum absolute atomic E-state index is 1.01. The fourth-order valence-corrected chi connectivity index (χ4v) is 1.48. The molecule has 0 aliphatic rings. The zero-order chi connectivity index (χ0) is 9.68. The molecule has 0 N–H and O–H groups in total. The van der Waals surface area contributed by atoms with Crippen molar-refractivity contribution in [2.45, 2.75) is 33.1 Å². The second-order valence-corrected chi connectivity index (χ2v) is 3.56. The Morgan fingerprint density at radius 3 is 2.77 bits per heavy atom. The summed E-state index contributed by atoms with van der Waals surface area (Å²) in [6.07, 6.45) is 5.04. The predicted octanol–water partition coefficient (Wildman–Crippen LogP) is 3.62. The van der Waals surface area contributed by atoms with Gasteiger partial charge < -0.3 is 0 Å². The minimum atomic E-state index is 1.01. The van der Waals surface area contributed by atoms with E-state index in [4.69, 9.17) is 6.58 Å². The molecule has 0 saturated carbocycles. The van der Waals surface area contributed by atoms with E-state index in [1.165, 1.54) is 16.7 Å². The lowest BCUT2D eigenvalue weighted by atomic mass is 10.0. The van der Waals surface area contributed by atoms with Gasteiger partial charge in [0.2, 0.25) is 0 Å². The van der Waals surface area contributed by atoms with E-state index < -0.39 is 0 Å². The maximum atomic E-state index is 5.34. The second kappa shape index (κ2) is 4.86. The molecule has 0 heteroatoms. The standard InChI is InChI=1S/C13H17/c1-4-5-6-7-13-10-11(2)8-9-12(13)3/h1,4,8-10H,5-7H2,2-3H3. The van der Waals surface area contributed by atoms with E-state index in [9.17, 15) is 0 Å². The van der Waals surface area contributed by atoms with Crippen LogP contribution in [0.25, 0.3) is 0 Å². The van der Waals surface area contributed by atoms with Crippen LogP contribution < -0.4 is 0 Å². The lowest BCUT2D eigenvalue weighted by Crippen LogP contribution is -1.90. The number of unbranched alkanes of at least 4 members (excludes halogenated alkanes) is 1. The van der Waals surface area contributed by atoms with Gasteiger partial charge in [0.15, 0.2) is 0 Å². The lowest BCUT2D eigenvalue weighted by Gasteiger charge is -2.05. The van der Waals surface area contributed by atoms with Crippen molar-refractivity contribution in [3.8, 4) is 0 Å². The van der Waals surface area contributed by atoms with Gasteiger partial charge in [-0.3, -0.25) is 0 Å². The van der Waals surface area contributed by atoms with E-state index in [-0.39, 0.29) is 0 Å². The molecule has 13 heavy (non-hydrogen) atoms. The van der Waals surface area contributed by atoms with E-state index in [2.05, 4.69) is 32.0 Å². The Morgan fingerprint density at radius 1 is 1.31 bits per heavy atom. The Kier molecular flexibility index (Phi) is 3.75. The van der Waals surface area contributed by atoms with Crippen LogP contribution in [-0.2, 0) is 6.42 Å². The van der Waals surface area contributed by atoms with Crippen molar-refractivity contribution in [1.29, 1.82) is 0 Å². The number of hydrogen-bond donors (Lipinski definition) is 0. The van der Waals surface area contributed by atoms with Crippen molar-refractivity contribution in [3.05, 3.63) is 47.5 Å². The number of hydrogen-bond acceptors (Lipinski definition) is 0. The largest absolute Gasteiger partial charge is 0.0845 e. The van der Waals surface area contributed by atoms with Gasteiger partial charge in [0, 0.05) is 0 Å². The van der Waals surface area contributed by atoms with Gasteiger partial charge in [0.25, 0.3) is 0 Å². The molecule has 0 heterocycles. The molecule has 0 spiro atoms. The Bertz CT molecular complexity index is 284. The zero-order valence-corrected chi connectivity index (χ0v) is 8.51. The Morgan fingerprint density at radius 2 is 2.08 bits per heavy atom. The van der Waals surface area contributed by atoms with Crippen molar-refractivity contribution in [3.63, 3.8) is 0 Å². The maximum Gasteiger partial charge on any atom is -0.0273 e. The summed E-state index contributed by atoms with van der Waals surface area (Å²) in [4.78, 5) is 0. The molecule has 0 aromatic heterocycles. The van der Waals surface area contributed by atoms with Gasteiger partial charge in [-0.05, 0) is 44.2 Å². The quantitative estimate of drug-likeness (QED) is 0.610. The first-order chi connectivity index (χ1) is 6.24. The number of rotatable bonds is 4. The van der Waals surface area contributed by atoms with Crippen LogP contribution in [0.15, 0.2) is 24.3 Å². The van der Waals surface area contributed by atoms with Gasteiger partial charge in [-0.1, -0.05) is 36.4 Å². The van der Waals surface area contributed by atoms with E-state index in [1.807, 2.05) is 0 Å². The molecule has 0 unspecified atom stereocenters. The third-order valence-corrected chi connectivity index (χ3v) is 2.32. The number of benzene rings is 1. The van der Waals surface area contributed by atoms with Crippen molar-refractivity contribution < 1.29 is 0 Å². The summed E-state index contributed by atoms with van der Waals surface area (Å²) in [6.45, 7) is 9.64. The van der Waals surface area contributed by atoms with Crippen LogP contribution in [0.1, 0.15) is 29.5 Å². The number of allylic oxidation sites excluding steroid dienone is 1. The van der Waals surface area contributed by atoms with Crippen LogP contribution in [0.5, 0.6) is 0 Å². The average molecular weight is 173 g/mol. The Balaban J connectivity index is 2.64. The monoisotopic (exact) mass is 173 g/mol. The first-order valence-corrected chi connectivity index (χ1v) is 4.83. The molecule has 0 aliphatic heterocycles. The molecule has 0 bridgehead atoms. The zero-order valence-electron chi connectivity index (χ0n) is 8.51. The highest BCUT2D eigenvalue weighted by molar-refractivity contribution is 5.30. The van der Waals surface area contributed by atoms with E-state index in [1.54, 1.807) is 6.08 Å². The van der Waals surface area contributed by atoms with Gasteiger partial charge in [-0.15, -0.1) is 0 Å². The van der Waals surface area contributed by atoms with Gasteiger partial charge >= 0.3 is 0 Å². The molecule has 1 radical (unpaired) electrons. The van der Waals surface area contributed by atoms with Crippen molar-refractivity contribution in [2.24, 2.45) is 0 Å². The molecule has 0 fully saturated rings. The minimum Gasteiger partial charge on any atom is -0.0845 e. The highest BCUT2D eigenvalue weighted by Crippen LogP contribution is 2.13. The SMILES string of the molecule is [CH]=CCCCc1cc(C)ccc1C. The first kappa shape index (κ1) is 10.0. The fourth-order valence-electron chi connectivity index (χ4n) is 1.48. The van der Waals surface area contributed by atoms with Crippen LogP contribution in [0, 0.1) is 20.4 Å². The normalized spacial score (nSPS) is 10.0. The lowest BCUT2D eigenvalue weighted by molar-refractivity contribution is 0.837. The molecule has 1 aromatic carbocycles. The molecular weight excluding hydrogens is 156 g/mol.